The van der Waals surface area contributed by atoms with E-state index < -0.39 is 0 Å². The monoisotopic (exact) mass is 333 g/mol. The van der Waals surface area contributed by atoms with Gasteiger partial charge in [0.2, 0.25) is 5.91 Å². The SMILES string of the molecule is CCCOc1ccccc1CCNC(=O)N1CC[C@H](NC(C)=O)C1. The summed E-state index contributed by atoms with van der Waals surface area (Å²) in [5.41, 5.74) is 1.10. The standard InChI is InChI=1S/C18H27N3O3/c1-3-12-24-17-7-5-4-6-15(17)8-10-19-18(23)21-11-9-16(13-21)20-14(2)22/h4-7,16H,3,8-13H2,1-2H3,(H,19,23)(H,20,22)/t16-/m0/s1. The Balaban J connectivity index is 1.76. The van der Waals surface area contributed by atoms with Gasteiger partial charge >= 0.3 is 6.03 Å². The molecule has 0 aliphatic carbocycles. The first-order chi connectivity index (χ1) is 11.6. The number of nitrogens with one attached hydrogen (secondary N) is 2. The highest BCUT2D eigenvalue weighted by molar-refractivity contribution is 5.75. The summed E-state index contributed by atoms with van der Waals surface area (Å²) >= 11 is 0. The maximum absolute atomic E-state index is 12.2. The first-order valence-electron chi connectivity index (χ1n) is 8.60. The van der Waals surface area contributed by atoms with Crippen LogP contribution in [-0.2, 0) is 11.2 Å². The van der Waals surface area contributed by atoms with Crippen molar-refractivity contribution >= 4 is 11.9 Å². The molecule has 1 aromatic rings. The zero-order valence-electron chi connectivity index (χ0n) is 14.5. The number of benzene rings is 1. The van der Waals surface area contributed by atoms with Crippen molar-refractivity contribution in [2.75, 3.05) is 26.2 Å². The van der Waals surface area contributed by atoms with Gasteiger partial charge in [-0.2, -0.15) is 0 Å². The molecule has 6 heteroatoms. The van der Waals surface area contributed by atoms with E-state index in [-0.39, 0.29) is 18.0 Å². The van der Waals surface area contributed by atoms with Crippen molar-refractivity contribution in [1.29, 1.82) is 0 Å². The minimum absolute atomic E-state index is 0.0501. The molecule has 2 N–H and O–H groups in total. The van der Waals surface area contributed by atoms with Gasteiger partial charge in [-0.25, -0.2) is 4.79 Å². The summed E-state index contributed by atoms with van der Waals surface area (Å²) in [4.78, 5) is 25.0. The average Bonchev–Trinajstić information content (AvgIpc) is 3.01. The molecule has 0 spiro atoms. The normalized spacial score (nSPS) is 16.8. The number of carbonyl (C=O) groups excluding carboxylic acids is 2. The van der Waals surface area contributed by atoms with E-state index in [4.69, 9.17) is 4.74 Å². The van der Waals surface area contributed by atoms with Crippen molar-refractivity contribution in [3.05, 3.63) is 29.8 Å². The molecule has 1 aliphatic rings. The minimum atomic E-state index is -0.0743. The lowest BCUT2D eigenvalue weighted by atomic mass is 10.1. The molecule has 0 bridgehead atoms. The van der Waals surface area contributed by atoms with Gasteiger partial charge < -0.3 is 20.3 Å². The number of urea groups is 1. The third-order valence-corrected chi connectivity index (χ3v) is 3.99. The molecule has 0 aromatic heterocycles. The number of ether oxygens (including phenoxy) is 1. The van der Waals surface area contributed by atoms with Crippen LogP contribution in [0.4, 0.5) is 4.79 Å². The number of likely N-dealkylation sites (tertiary alicyclic amines) is 1. The smallest absolute Gasteiger partial charge is 0.317 e. The molecule has 1 aromatic carbocycles. The zero-order chi connectivity index (χ0) is 17.4. The summed E-state index contributed by atoms with van der Waals surface area (Å²) in [5.74, 6) is 0.839. The van der Waals surface area contributed by atoms with Gasteiger partial charge in [-0.1, -0.05) is 25.1 Å². The second-order valence-electron chi connectivity index (χ2n) is 6.07. The van der Waals surface area contributed by atoms with Crippen LogP contribution in [-0.4, -0.2) is 49.1 Å². The maximum Gasteiger partial charge on any atom is 0.317 e. The van der Waals surface area contributed by atoms with Crippen molar-refractivity contribution in [1.82, 2.24) is 15.5 Å². The molecule has 2 rings (SSSR count). The Hall–Kier alpha value is -2.24. The first-order valence-corrected chi connectivity index (χ1v) is 8.60. The van der Waals surface area contributed by atoms with E-state index in [1.165, 1.54) is 6.92 Å². The molecule has 3 amide bonds. The van der Waals surface area contributed by atoms with Crippen LogP contribution < -0.4 is 15.4 Å². The third kappa shape index (κ3) is 5.44. The zero-order valence-corrected chi connectivity index (χ0v) is 14.5. The molecule has 1 saturated heterocycles. The van der Waals surface area contributed by atoms with Gasteiger partial charge in [0.05, 0.1) is 6.61 Å². The predicted molar refractivity (Wildman–Crippen MR) is 93.1 cm³/mol. The minimum Gasteiger partial charge on any atom is -0.493 e. The van der Waals surface area contributed by atoms with E-state index in [1.54, 1.807) is 4.90 Å². The summed E-state index contributed by atoms with van der Waals surface area (Å²) in [5, 5.41) is 5.81. The number of carbonyl (C=O) groups is 2. The van der Waals surface area contributed by atoms with Crippen LogP contribution in [0, 0.1) is 0 Å². The molecular weight excluding hydrogens is 306 g/mol. The quantitative estimate of drug-likeness (QED) is 0.801. The number of amides is 3. The highest BCUT2D eigenvalue weighted by atomic mass is 16.5. The van der Waals surface area contributed by atoms with E-state index in [1.807, 2.05) is 24.3 Å². The van der Waals surface area contributed by atoms with Crippen molar-refractivity contribution in [2.24, 2.45) is 0 Å². The lowest BCUT2D eigenvalue weighted by Crippen LogP contribution is -2.42. The fourth-order valence-electron chi connectivity index (χ4n) is 2.83. The summed E-state index contributed by atoms with van der Waals surface area (Å²) < 4.78 is 5.73. The summed E-state index contributed by atoms with van der Waals surface area (Å²) in [7, 11) is 0. The topological polar surface area (TPSA) is 70.7 Å². The Kier molecular flexibility index (Phi) is 6.90. The van der Waals surface area contributed by atoms with Crippen LogP contribution >= 0.6 is 0 Å². The Morgan fingerprint density at radius 2 is 2.12 bits per heavy atom. The van der Waals surface area contributed by atoms with E-state index in [0.717, 1.165) is 30.6 Å². The Bertz CT molecular complexity index is 562. The molecule has 0 radical (unpaired) electrons. The van der Waals surface area contributed by atoms with Gasteiger partial charge in [-0.3, -0.25) is 4.79 Å². The molecule has 1 fully saturated rings. The first kappa shape index (κ1) is 18.1. The van der Waals surface area contributed by atoms with E-state index in [0.29, 0.717) is 26.2 Å². The summed E-state index contributed by atoms with van der Waals surface area (Å²) in [6.45, 7) is 6.08. The molecule has 1 heterocycles. The van der Waals surface area contributed by atoms with E-state index >= 15 is 0 Å². The molecule has 1 atom stereocenters. The van der Waals surface area contributed by atoms with Crippen LogP contribution in [0.1, 0.15) is 32.3 Å². The highest BCUT2D eigenvalue weighted by Crippen LogP contribution is 2.18. The lowest BCUT2D eigenvalue weighted by Gasteiger charge is -2.18. The van der Waals surface area contributed by atoms with Crippen LogP contribution in [0.5, 0.6) is 5.75 Å². The molecule has 132 valence electrons. The maximum atomic E-state index is 12.2. The summed E-state index contributed by atoms with van der Waals surface area (Å²) in [6, 6.07) is 7.92. The van der Waals surface area contributed by atoms with Gasteiger partial charge in [-0.15, -0.1) is 0 Å². The summed E-state index contributed by atoms with van der Waals surface area (Å²) in [6.07, 6.45) is 2.50. The number of hydrogen-bond acceptors (Lipinski definition) is 3. The van der Waals surface area contributed by atoms with Gasteiger partial charge in [0.15, 0.2) is 0 Å². The fourth-order valence-corrected chi connectivity index (χ4v) is 2.83. The van der Waals surface area contributed by atoms with Gasteiger partial charge in [0, 0.05) is 32.6 Å². The number of nitrogens with zero attached hydrogens (tertiary/aromatic N) is 1. The Morgan fingerprint density at radius 3 is 2.88 bits per heavy atom. The van der Waals surface area contributed by atoms with Gasteiger partial charge in [0.1, 0.15) is 5.75 Å². The number of rotatable bonds is 7. The highest BCUT2D eigenvalue weighted by Gasteiger charge is 2.26. The molecular formula is C18H27N3O3. The molecule has 24 heavy (non-hydrogen) atoms. The van der Waals surface area contributed by atoms with Gasteiger partial charge in [0.25, 0.3) is 0 Å². The number of para-hydroxylation sites is 1. The second-order valence-corrected chi connectivity index (χ2v) is 6.07. The molecule has 0 saturated carbocycles. The fraction of sp³-hybridized carbons (Fsp3) is 0.556. The van der Waals surface area contributed by atoms with E-state index in [9.17, 15) is 9.59 Å². The second kappa shape index (κ2) is 9.15. The predicted octanol–water partition coefficient (Wildman–Crippen LogP) is 1.94. The molecule has 6 nitrogen and oxygen atoms in total. The molecule has 1 aliphatic heterocycles. The average molecular weight is 333 g/mol. The van der Waals surface area contributed by atoms with Crippen LogP contribution in [0.3, 0.4) is 0 Å². The Labute approximate surface area is 143 Å². The lowest BCUT2D eigenvalue weighted by molar-refractivity contribution is -0.119. The van der Waals surface area contributed by atoms with Crippen molar-refractivity contribution < 1.29 is 14.3 Å². The van der Waals surface area contributed by atoms with Crippen LogP contribution in [0.25, 0.3) is 0 Å². The largest absolute Gasteiger partial charge is 0.493 e. The Morgan fingerprint density at radius 1 is 1.33 bits per heavy atom. The van der Waals surface area contributed by atoms with Crippen molar-refractivity contribution in [3.8, 4) is 5.75 Å². The van der Waals surface area contributed by atoms with Gasteiger partial charge in [-0.05, 0) is 30.9 Å². The van der Waals surface area contributed by atoms with Crippen molar-refractivity contribution in [3.63, 3.8) is 0 Å². The van der Waals surface area contributed by atoms with Crippen molar-refractivity contribution in [2.45, 2.75) is 39.2 Å². The van der Waals surface area contributed by atoms with E-state index in [2.05, 4.69) is 17.6 Å². The van der Waals surface area contributed by atoms with Crippen LogP contribution in [0.2, 0.25) is 0 Å². The van der Waals surface area contributed by atoms with Crippen LogP contribution in [0.15, 0.2) is 24.3 Å². The third-order valence-electron chi connectivity index (χ3n) is 3.99. The number of hydrogen-bond donors (Lipinski definition) is 2. The molecule has 0 unspecified atom stereocenters.